The minimum absolute atomic E-state index is 0.115. The number of nitrogens with zero attached hydrogens (tertiary/aromatic N) is 2. The molecule has 0 amide bonds. The maximum absolute atomic E-state index is 12.8. The number of aromatic nitrogens is 1. The van der Waals surface area contributed by atoms with Gasteiger partial charge in [0, 0.05) is 25.2 Å². The lowest BCUT2D eigenvalue weighted by Gasteiger charge is -2.32. The molecule has 1 aliphatic heterocycles. The first-order valence-corrected chi connectivity index (χ1v) is 10.5. The summed E-state index contributed by atoms with van der Waals surface area (Å²) >= 11 is 0. The highest BCUT2D eigenvalue weighted by molar-refractivity contribution is 5.54. The second kappa shape index (κ2) is 9.24. The Balaban J connectivity index is 1.35. The van der Waals surface area contributed by atoms with E-state index in [1.807, 2.05) is 31.2 Å². The van der Waals surface area contributed by atoms with E-state index in [-0.39, 0.29) is 6.10 Å². The first kappa shape index (κ1) is 22.2. The molecule has 2 aromatic carbocycles. The Labute approximate surface area is 184 Å². The molecule has 3 aromatic rings. The fourth-order valence-electron chi connectivity index (χ4n) is 3.79. The van der Waals surface area contributed by atoms with Crippen LogP contribution in [-0.4, -0.2) is 36.2 Å². The summed E-state index contributed by atoms with van der Waals surface area (Å²) in [4.78, 5) is 6.82. The number of benzene rings is 2. The summed E-state index contributed by atoms with van der Waals surface area (Å²) in [6.45, 7) is 4.15. The molecular formula is C24H25F3N2O3. The van der Waals surface area contributed by atoms with Crippen molar-refractivity contribution in [1.82, 2.24) is 9.88 Å². The smallest absolute Gasteiger partial charge is 0.416 e. The van der Waals surface area contributed by atoms with E-state index in [9.17, 15) is 13.2 Å². The van der Waals surface area contributed by atoms with Crippen LogP contribution in [0.1, 0.15) is 29.9 Å². The molecule has 32 heavy (non-hydrogen) atoms. The number of aryl methyl sites for hydroxylation is 1. The number of piperidine rings is 1. The molecule has 0 aliphatic carbocycles. The molecule has 0 unspecified atom stereocenters. The summed E-state index contributed by atoms with van der Waals surface area (Å²) in [7, 11) is 1.63. The Morgan fingerprint density at radius 1 is 1.03 bits per heavy atom. The van der Waals surface area contributed by atoms with Crippen LogP contribution in [0.4, 0.5) is 13.2 Å². The van der Waals surface area contributed by atoms with Gasteiger partial charge in [-0.15, -0.1) is 0 Å². The highest BCUT2D eigenvalue weighted by atomic mass is 19.4. The van der Waals surface area contributed by atoms with Crippen LogP contribution in [0, 0.1) is 6.92 Å². The van der Waals surface area contributed by atoms with Crippen LogP contribution in [0.3, 0.4) is 0 Å². The number of para-hydroxylation sites is 2. The molecule has 0 saturated carbocycles. The zero-order valence-corrected chi connectivity index (χ0v) is 18.0. The molecule has 5 nitrogen and oxygen atoms in total. The number of rotatable bonds is 6. The zero-order chi connectivity index (χ0) is 22.7. The molecule has 4 rings (SSSR count). The predicted molar refractivity (Wildman–Crippen MR) is 114 cm³/mol. The predicted octanol–water partition coefficient (Wildman–Crippen LogP) is 5.72. The number of ether oxygens (including phenoxy) is 2. The monoisotopic (exact) mass is 446 g/mol. The van der Waals surface area contributed by atoms with E-state index < -0.39 is 11.7 Å². The van der Waals surface area contributed by atoms with Gasteiger partial charge < -0.3 is 13.9 Å². The van der Waals surface area contributed by atoms with Crippen LogP contribution >= 0.6 is 0 Å². The summed E-state index contributed by atoms with van der Waals surface area (Å²) in [6, 6.07) is 12.5. The van der Waals surface area contributed by atoms with Crippen LogP contribution < -0.4 is 9.47 Å². The van der Waals surface area contributed by atoms with E-state index in [1.165, 1.54) is 12.1 Å². The van der Waals surface area contributed by atoms with Gasteiger partial charge in [-0.1, -0.05) is 12.1 Å². The largest absolute Gasteiger partial charge is 0.493 e. The topological polar surface area (TPSA) is 47.7 Å². The third-order valence-corrected chi connectivity index (χ3v) is 5.62. The average molecular weight is 446 g/mol. The van der Waals surface area contributed by atoms with Gasteiger partial charge in [-0.2, -0.15) is 13.2 Å². The molecule has 8 heteroatoms. The lowest BCUT2D eigenvalue weighted by atomic mass is 10.1. The molecule has 170 valence electrons. The standard InChI is InChI=1S/C24H25F3N2O3/c1-16-20(28-23(31-16)17-7-9-18(10-8-17)24(25,26)27)15-29-13-11-19(12-14-29)32-22-6-4-3-5-21(22)30-2/h3-10,19H,11-15H2,1-2H3. The number of hydrogen-bond donors (Lipinski definition) is 0. The maximum Gasteiger partial charge on any atom is 0.416 e. The molecule has 0 radical (unpaired) electrons. The molecule has 1 aliphatic rings. The van der Waals surface area contributed by atoms with Gasteiger partial charge in [0.2, 0.25) is 5.89 Å². The lowest BCUT2D eigenvalue weighted by Crippen LogP contribution is -2.38. The van der Waals surface area contributed by atoms with Gasteiger partial charge in [0.25, 0.3) is 0 Å². The summed E-state index contributed by atoms with van der Waals surface area (Å²) in [5.41, 5.74) is 0.628. The Hall–Kier alpha value is -3.00. The Kier molecular flexibility index (Phi) is 6.41. The molecule has 0 spiro atoms. The molecule has 0 bridgehead atoms. The van der Waals surface area contributed by atoms with E-state index in [1.54, 1.807) is 7.11 Å². The Bertz CT molecular complexity index is 1040. The molecule has 2 heterocycles. The van der Waals surface area contributed by atoms with Crippen LogP contribution in [0.15, 0.2) is 52.9 Å². The second-order valence-corrected chi connectivity index (χ2v) is 7.84. The van der Waals surface area contributed by atoms with Gasteiger partial charge in [-0.05, 0) is 56.2 Å². The first-order valence-electron chi connectivity index (χ1n) is 10.5. The second-order valence-electron chi connectivity index (χ2n) is 7.84. The van der Waals surface area contributed by atoms with E-state index in [2.05, 4.69) is 9.88 Å². The van der Waals surface area contributed by atoms with Gasteiger partial charge in [0.15, 0.2) is 11.5 Å². The first-order chi connectivity index (χ1) is 15.3. The number of oxazole rings is 1. The summed E-state index contributed by atoms with van der Waals surface area (Å²) in [5, 5.41) is 0. The molecule has 1 saturated heterocycles. The van der Waals surface area contributed by atoms with Crippen LogP contribution in [0.25, 0.3) is 11.5 Å². The van der Waals surface area contributed by atoms with Gasteiger partial charge >= 0.3 is 6.18 Å². The van der Waals surface area contributed by atoms with Crippen molar-refractivity contribution in [3.05, 3.63) is 65.5 Å². The fourth-order valence-corrected chi connectivity index (χ4v) is 3.79. The van der Waals surface area contributed by atoms with Crippen molar-refractivity contribution in [2.24, 2.45) is 0 Å². The summed E-state index contributed by atoms with van der Waals surface area (Å²) in [5.74, 6) is 2.49. The Morgan fingerprint density at radius 2 is 1.69 bits per heavy atom. The van der Waals surface area contributed by atoms with Crippen molar-refractivity contribution < 1.29 is 27.1 Å². The summed E-state index contributed by atoms with van der Waals surface area (Å²) in [6.07, 6.45) is -2.50. The van der Waals surface area contributed by atoms with Crippen LogP contribution in [-0.2, 0) is 12.7 Å². The molecule has 0 N–H and O–H groups in total. The van der Waals surface area contributed by atoms with E-state index >= 15 is 0 Å². The van der Waals surface area contributed by atoms with E-state index in [0.717, 1.165) is 55.3 Å². The van der Waals surface area contributed by atoms with Crippen molar-refractivity contribution in [2.45, 2.75) is 38.6 Å². The molecule has 1 fully saturated rings. The number of methoxy groups -OCH3 is 1. The van der Waals surface area contributed by atoms with Gasteiger partial charge in [0.05, 0.1) is 18.4 Å². The number of hydrogen-bond acceptors (Lipinski definition) is 5. The molecular weight excluding hydrogens is 421 g/mol. The van der Waals surface area contributed by atoms with Crippen molar-refractivity contribution in [3.63, 3.8) is 0 Å². The third kappa shape index (κ3) is 5.07. The average Bonchev–Trinajstić information content (AvgIpc) is 3.15. The van der Waals surface area contributed by atoms with Crippen molar-refractivity contribution >= 4 is 0 Å². The van der Waals surface area contributed by atoms with Crippen molar-refractivity contribution in [2.75, 3.05) is 20.2 Å². The lowest BCUT2D eigenvalue weighted by molar-refractivity contribution is -0.137. The highest BCUT2D eigenvalue weighted by Gasteiger charge is 2.30. The van der Waals surface area contributed by atoms with Crippen LogP contribution in [0.5, 0.6) is 11.5 Å². The van der Waals surface area contributed by atoms with Gasteiger partial charge in [0.1, 0.15) is 11.9 Å². The van der Waals surface area contributed by atoms with E-state index in [0.29, 0.717) is 23.8 Å². The quantitative estimate of drug-likeness (QED) is 0.485. The van der Waals surface area contributed by atoms with E-state index in [4.69, 9.17) is 13.9 Å². The van der Waals surface area contributed by atoms with Gasteiger partial charge in [-0.3, -0.25) is 4.90 Å². The zero-order valence-electron chi connectivity index (χ0n) is 18.0. The number of alkyl halides is 3. The summed E-state index contributed by atoms with van der Waals surface area (Å²) < 4.78 is 55.6. The molecule has 1 aromatic heterocycles. The minimum atomic E-state index is -4.36. The normalized spacial score (nSPS) is 15.7. The fraction of sp³-hybridized carbons (Fsp3) is 0.375. The Morgan fingerprint density at radius 3 is 2.31 bits per heavy atom. The van der Waals surface area contributed by atoms with Crippen molar-refractivity contribution in [3.8, 4) is 23.0 Å². The third-order valence-electron chi connectivity index (χ3n) is 5.62. The number of likely N-dealkylation sites (tertiary alicyclic amines) is 1. The molecule has 0 atom stereocenters. The van der Waals surface area contributed by atoms with Crippen molar-refractivity contribution in [1.29, 1.82) is 0 Å². The maximum atomic E-state index is 12.8. The highest BCUT2D eigenvalue weighted by Crippen LogP contribution is 2.32. The van der Waals surface area contributed by atoms with Gasteiger partial charge in [-0.25, -0.2) is 4.98 Å². The number of halogens is 3. The SMILES string of the molecule is COc1ccccc1OC1CCN(Cc2nc(-c3ccc(C(F)(F)F)cc3)oc2C)CC1. The minimum Gasteiger partial charge on any atom is -0.493 e. The van der Waals surface area contributed by atoms with Crippen LogP contribution in [0.2, 0.25) is 0 Å².